The van der Waals surface area contributed by atoms with Crippen molar-refractivity contribution >= 4 is 11.9 Å². The standard InChI is InChI=1S/C65H120O5/c1-3-5-7-9-11-13-15-17-19-21-22-23-24-25-26-27-28-29-30-31-32-33-34-35-36-37-38-39-40-41-42-44-45-47-49-51-53-55-57-59-64(67)69-62-63(61-66)70-65(68)60-58-56-54-52-50-48-46-43-20-18-16-14-12-10-8-6-4-2/h6,8,12,14,18,20-22,63,66H,3-5,7,9-11,13,15-17,19,23-62H2,1-2H3/b8-6-,14-12-,20-18-,22-21-. The van der Waals surface area contributed by atoms with Gasteiger partial charge in [0, 0.05) is 12.8 Å². The zero-order valence-electron chi connectivity index (χ0n) is 47.0. The number of carbonyl (C=O) groups excluding carboxylic acids is 2. The lowest BCUT2D eigenvalue weighted by atomic mass is 10.0. The van der Waals surface area contributed by atoms with Crippen LogP contribution in [0.1, 0.15) is 335 Å². The first kappa shape index (κ1) is 67.9. The highest BCUT2D eigenvalue weighted by molar-refractivity contribution is 5.70. The second-order valence-electron chi connectivity index (χ2n) is 21.1. The van der Waals surface area contributed by atoms with Crippen LogP contribution in [0.25, 0.3) is 0 Å². The fourth-order valence-corrected chi connectivity index (χ4v) is 9.45. The van der Waals surface area contributed by atoms with E-state index in [9.17, 15) is 14.7 Å². The zero-order valence-corrected chi connectivity index (χ0v) is 47.0. The van der Waals surface area contributed by atoms with Crippen LogP contribution >= 0.6 is 0 Å². The van der Waals surface area contributed by atoms with Crippen LogP contribution in [0.4, 0.5) is 0 Å². The number of aliphatic hydroxyl groups excluding tert-OH is 1. The molecular formula is C65H120O5. The van der Waals surface area contributed by atoms with E-state index in [-0.39, 0.29) is 25.2 Å². The molecule has 5 nitrogen and oxygen atoms in total. The van der Waals surface area contributed by atoms with Gasteiger partial charge in [-0.15, -0.1) is 0 Å². The summed E-state index contributed by atoms with van der Waals surface area (Å²) in [7, 11) is 0. The molecule has 0 radical (unpaired) electrons. The molecule has 0 fully saturated rings. The van der Waals surface area contributed by atoms with E-state index < -0.39 is 6.10 Å². The number of hydrogen-bond donors (Lipinski definition) is 1. The molecule has 1 atom stereocenters. The molecular weight excluding hydrogens is 861 g/mol. The molecule has 0 heterocycles. The maximum absolute atomic E-state index is 12.3. The lowest BCUT2D eigenvalue weighted by Gasteiger charge is -2.15. The minimum absolute atomic E-state index is 0.0670. The summed E-state index contributed by atoms with van der Waals surface area (Å²) in [4.78, 5) is 24.5. The number of unbranched alkanes of at least 4 members (excludes halogenated alkanes) is 42. The van der Waals surface area contributed by atoms with E-state index in [1.54, 1.807) is 0 Å². The Morgan fingerprint density at radius 1 is 0.343 bits per heavy atom. The van der Waals surface area contributed by atoms with E-state index in [1.807, 2.05) is 0 Å². The van der Waals surface area contributed by atoms with Crippen molar-refractivity contribution in [1.29, 1.82) is 0 Å². The van der Waals surface area contributed by atoms with Gasteiger partial charge in [-0.1, -0.05) is 300 Å². The van der Waals surface area contributed by atoms with Crippen LogP contribution in [0, 0.1) is 0 Å². The number of aliphatic hydroxyl groups is 1. The Morgan fingerprint density at radius 3 is 0.943 bits per heavy atom. The van der Waals surface area contributed by atoms with E-state index in [0.717, 1.165) is 64.2 Å². The highest BCUT2D eigenvalue weighted by Crippen LogP contribution is 2.18. The molecule has 0 aromatic rings. The minimum Gasteiger partial charge on any atom is -0.462 e. The van der Waals surface area contributed by atoms with E-state index in [2.05, 4.69) is 62.5 Å². The molecule has 0 spiro atoms. The Balaban J connectivity index is 3.36. The average Bonchev–Trinajstić information content (AvgIpc) is 3.36. The molecule has 0 rings (SSSR count). The predicted octanol–water partition coefficient (Wildman–Crippen LogP) is 21.2. The molecule has 1 unspecified atom stereocenters. The van der Waals surface area contributed by atoms with Crippen molar-refractivity contribution in [2.24, 2.45) is 0 Å². The van der Waals surface area contributed by atoms with Gasteiger partial charge in [-0.05, 0) is 70.6 Å². The zero-order chi connectivity index (χ0) is 50.6. The maximum atomic E-state index is 12.3. The lowest BCUT2D eigenvalue weighted by Crippen LogP contribution is -2.28. The lowest BCUT2D eigenvalue weighted by molar-refractivity contribution is -0.161. The van der Waals surface area contributed by atoms with Crippen molar-refractivity contribution in [3.05, 3.63) is 48.6 Å². The molecule has 5 heteroatoms. The molecule has 1 N–H and O–H groups in total. The molecule has 0 saturated carbocycles. The Morgan fingerprint density at radius 2 is 0.614 bits per heavy atom. The molecule has 0 aromatic heterocycles. The summed E-state index contributed by atoms with van der Waals surface area (Å²) in [6.45, 7) is 4.06. The van der Waals surface area contributed by atoms with Gasteiger partial charge in [-0.3, -0.25) is 9.59 Å². The topological polar surface area (TPSA) is 72.8 Å². The molecule has 70 heavy (non-hydrogen) atoms. The van der Waals surface area contributed by atoms with Crippen molar-refractivity contribution in [3.8, 4) is 0 Å². The van der Waals surface area contributed by atoms with Gasteiger partial charge in [0.1, 0.15) is 6.61 Å². The molecule has 0 amide bonds. The molecule has 0 aliphatic heterocycles. The van der Waals surface area contributed by atoms with Gasteiger partial charge >= 0.3 is 11.9 Å². The summed E-state index contributed by atoms with van der Waals surface area (Å²) in [5.41, 5.74) is 0. The molecule has 0 aliphatic carbocycles. The summed E-state index contributed by atoms with van der Waals surface area (Å²) >= 11 is 0. The molecule has 0 bridgehead atoms. The van der Waals surface area contributed by atoms with Gasteiger partial charge in [-0.2, -0.15) is 0 Å². The van der Waals surface area contributed by atoms with E-state index in [1.165, 1.54) is 244 Å². The van der Waals surface area contributed by atoms with Gasteiger partial charge < -0.3 is 14.6 Å². The van der Waals surface area contributed by atoms with Crippen molar-refractivity contribution < 1.29 is 24.2 Å². The number of ether oxygens (including phenoxy) is 2. The fourth-order valence-electron chi connectivity index (χ4n) is 9.45. The van der Waals surface area contributed by atoms with Crippen molar-refractivity contribution in [1.82, 2.24) is 0 Å². The third kappa shape index (κ3) is 58.4. The highest BCUT2D eigenvalue weighted by Gasteiger charge is 2.16. The Hall–Kier alpha value is -2.14. The predicted molar refractivity (Wildman–Crippen MR) is 307 cm³/mol. The third-order valence-electron chi connectivity index (χ3n) is 14.1. The van der Waals surface area contributed by atoms with E-state index in [4.69, 9.17) is 9.47 Å². The summed E-state index contributed by atoms with van der Waals surface area (Å²) in [6.07, 6.45) is 81.3. The minimum atomic E-state index is -0.777. The van der Waals surface area contributed by atoms with Gasteiger partial charge in [0.25, 0.3) is 0 Å². The van der Waals surface area contributed by atoms with Crippen LogP contribution in [0.2, 0.25) is 0 Å². The quantitative estimate of drug-likeness (QED) is 0.0373. The van der Waals surface area contributed by atoms with Crippen molar-refractivity contribution in [3.63, 3.8) is 0 Å². The largest absolute Gasteiger partial charge is 0.462 e. The van der Waals surface area contributed by atoms with Crippen LogP contribution in [-0.2, 0) is 19.1 Å². The van der Waals surface area contributed by atoms with Crippen LogP contribution in [0.5, 0.6) is 0 Å². The van der Waals surface area contributed by atoms with E-state index in [0.29, 0.717) is 12.8 Å². The van der Waals surface area contributed by atoms with Crippen molar-refractivity contribution in [2.45, 2.75) is 341 Å². The first-order valence-corrected chi connectivity index (χ1v) is 31.2. The molecule has 410 valence electrons. The van der Waals surface area contributed by atoms with E-state index >= 15 is 0 Å². The maximum Gasteiger partial charge on any atom is 0.306 e. The molecule has 0 saturated heterocycles. The fraction of sp³-hybridized carbons (Fsp3) is 0.846. The normalized spacial score (nSPS) is 12.4. The first-order chi connectivity index (χ1) is 34.6. The average molecular weight is 982 g/mol. The van der Waals surface area contributed by atoms with Crippen LogP contribution < -0.4 is 0 Å². The molecule has 0 aliphatic rings. The summed E-state index contributed by atoms with van der Waals surface area (Å²) < 4.78 is 10.7. The third-order valence-corrected chi connectivity index (χ3v) is 14.1. The Kier molecular flexibility index (Phi) is 59.3. The number of hydrogen-bond acceptors (Lipinski definition) is 5. The summed E-state index contributed by atoms with van der Waals surface area (Å²) in [5, 5.41) is 9.64. The second kappa shape index (κ2) is 61.2. The van der Waals surface area contributed by atoms with Crippen molar-refractivity contribution in [2.75, 3.05) is 13.2 Å². The smallest absolute Gasteiger partial charge is 0.306 e. The SMILES string of the molecule is CC/C=C\C/C=C\C/C=C\CCCCCCCCCC(=O)OC(CO)COC(=O)CCCCCCCCCCCCCCCCCCCCCCCCCCCCC/C=C\CCCCCCCCCC. The number of rotatable bonds is 58. The first-order valence-electron chi connectivity index (χ1n) is 31.2. The van der Waals surface area contributed by atoms with Crippen LogP contribution in [0.15, 0.2) is 48.6 Å². The second-order valence-corrected chi connectivity index (χ2v) is 21.1. The Labute approximate surface area is 437 Å². The van der Waals surface area contributed by atoms with Gasteiger partial charge in [0.05, 0.1) is 6.61 Å². The highest BCUT2D eigenvalue weighted by atomic mass is 16.6. The number of carbonyl (C=O) groups is 2. The molecule has 0 aromatic carbocycles. The summed E-state index contributed by atoms with van der Waals surface area (Å²) in [5.74, 6) is -0.588. The van der Waals surface area contributed by atoms with Crippen LogP contribution in [0.3, 0.4) is 0 Å². The number of esters is 2. The van der Waals surface area contributed by atoms with Gasteiger partial charge in [0.2, 0.25) is 0 Å². The van der Waals surface area contributed by atoms with Gasteiger partial charge in [0.15, 0.2) is 6.10 Å². The van der Waals surface area contributed by atoms with Gasteiger partial charge in [-0.25, -0.2) is 0 Å². The monoisotopic (exact) mass is 981 g/mol. The number of allylic oxidation sites excluding steroid dienone is 8. The van der Waals surface area contributed by atoms with Crippen LogP contribution in [-0.4, -0.2) is 36.4 Å². The summed E-state index contributed by atoms with van der Waals surface area (Å²) in [6, 6.07) is 0. The Bertz CT molecular complexity index is 1150.